The number of likely N-dealkylation sites (N-methyl/N-ethyl adjacent to an activating group) is 1. The zero-order valence-corrected chi connectivity index (χ0v) is 21.7. The van der Waals surface area contributed by atoms with Crippen LogP contribution < -0.4 is 14.5 Å². The van der Waals surface area contributed by atoms with Gasteiger partial charge in [0.1, 0.15) is 11.6 Å². The highest BCUT2D eigenvalue weighted by molar-refractivity contribution is 7.22. The Morgan fingerprint density at radius 3 is 2.54 bits per heavy atom. The van der Waals surface area contributed by atoms with Gasteiger partial charge in [-0.1, -0.05) is 25.2 Å². The Bertz CT molecular complexity index is 1170. The predicted octanol–water partition coefficient (Wildman–Crippen LogP) is 4.59. The quantitative estimate of drug-likeness (QED) is 0.413. The summed E-state index contributed by atoms with van der Waals surface area (Å²) in [5.74, 6) is -0.368. The highest BCUT2D eigenvalue weighted by atomic mass is 35.5. The van der Waals surface area contributed by atoms with E-state index in [-0.39, 0.29) is 43.0 Å². The third-order valence-corrected chi connectivity index (χ3v) is 7.27. The van der Waals surface area contributed by atoms with Crippen molar-refractivity contribution in [2.45, 2.75) is 20.3 Å². The van der Waals surface area contributed by atoms with Crippen molar-refractivity contribution >= 4 is 56.6 Å². The summed E-state index contributed by atoms with van der Waals surface area (Å²) in [6, 6.07) is 11.4. The minimum absolute atomic E-state index is 0. The second-order valence-corrected chi connectivity index (χ2v) is 9.24. The number of carbonyl (C=O) groups is 2. The van der Waals surface area contributed by atoms with Crippen LogP contribution in [-0.2, 0) is 9.59 Å². The maximum Gasteiger partial charge on any atom is 0.234 e. The molecule has 0 N–H and O–H groups in total. The average molecular weight is 521 g/mol. The Morgan fingerprint density at radius 2 is 1.89 bits per heavy atom. The Hall–Kier alpha value is -2.75. The van der Waals surface area contributed by atoms with Crippen molar-refractivity contribution in [1.82, 2.24) is 9.88 Å². The number of fused-ring (bicyclic) bond motifs is 1. The maximum atomic E-state index is 13.7. The van der Waals surface area contributed by atoms with Gasteiger partial charge in [-0.3, -0.25) is 14.5 Å². The molecule has 1 saturated heterocycles. The van der Waals surface area contributed by atoms with Crippen LogP contribution in [0.15, 0.2) is 42.5 Å². The van der Waals surface area contributed by atoms with Crippen molar-refractivity contribution in [2.75, 3.05) is 49.6 Å². The third kappa shape index (κ3) is 5.91. The van der Waals surface area contributed by atoms with Crippen LogP contribution in [0.3, 0.4) is 0 Å². The third-order valence-electron chi connectivity index (χ3n) is 6.23. The number of methoxy groups -OCH3 is 1. The average Bonchev–Trinajstić information content (AvgIpc) is 3.45. The number of carbonyl (C=O) groups excluding carboxylic acids is 2. The topological polar surface area (TPSA) is 66.0 Å². The largest absolute Gasteiger partial charge is 0.497 e. The standard InChI is InChI=1S/C25H29FN4O3S.ClH/c1-4-28(5-2)12-13-29(25-27-21-11-10-20(33-3)15-22(21)34-25)24(32)17-14-23(31)30(16-17)19-8-6-18(26)7-9-19;/h6-11,15,17H,4-5,12-14,16H2,1-3H3;1H. The van der Waals surface area contributed by atoms with Gasteiger partial charge in [0.05, 0.1) is 23.2 Å². The van der Waals surface area contributed by atoms with E-state index in [4.69, 9.17) is 9.72 Å². The van der Waals surface area contributed by atoms with E-state index in [0.717, 1.165) is 29.1 Å². The monoisotopic (exact) mass is 520 g/mol. The van der Waals surface area contributed by atoms with Gasteiger partial charge < -0.3 is 14.5 Å². The molecule has 0 radical (unpaired) electrons. The van der Waals surface area contributed by atoms with Crippen LogP contribution in [0, 0.1) is 11.7 Å². The van der Waals surface area contributed by atoms with E-state index in [0.29, 0.717) is 23.9 Å². The van der Waals surface area contributed by atoms with Gasteiger partial charge in [-0.05, 0) is 55.6 Å². The highest BCUT2D eigenvalue weighted by Gasteiger charge is 2.38. The minimum Gasteiger partial charge on any atom is -0.497 e. The first-order valence-corrected chi connectivity index (χ1v) is 12.3. The van der Waals surface area contributed by atoms with Crippen LogP contribution in [-0.4, -0.2) is 61.5 Å². The fourth-order valence-corrected chi connectivity index (χ4v) is 5.21. The van der Waals surface area contributed by atoms with E-state index < -0.39 is 5.92 Å². The van der Waals surface area contributed by atoms with Gasteiger partial charge >= 0.3 is 0 Å². The SMILES string of the molecule is CCN(CC)CCN(C(=O)C1CC(=O)N(c2ccc(F)cc2)C1)c1nc2ccc(OC)cc2s1.Cl. The Morgan fingerprint density at radius 1 is 1.17 bits per heavy atom. The summed E-state index contributed by atoms with van der Waals surface area (Å²) in [6.07, 6.45) is 0.122. The maximum absolute atomic E-state index is 13.7. The fraction of sp³-hybridized carbons (Fsp3) is 0.400. The predicted molar refractivity (Wildman–Crippen MR) is 140 cm³/mol. The van der Waals surface area contributed by atoms with E-state index in [9.17, 15) is 14.0 Å². The van der Waals surface area contributed by atoms with Crippen molar-refractivity contribution in [2.24, 2.45) is 5.92 Å². The minimum atomic E-state index is -0.490. The zero-order chi connectivity index (χ0) is 24.2. The number of nitrogens with zero attached hydrogens (tertiary/aromatic N) is 4. The highest BCUT2D eigenvalue weighted by Crippen LogP contribution is 2.34. The Balaban J connectivity index is 0.00000342. The second-order valence-electron chi connectivity index (χ2n) is 8.23. The molecule has 1 unspecified atom stereocenters. The van der Waals surface area contributed by atoms with Gasteiger partial charge in [-0.2, -0.15) is 0 Å². The van der Waals surface area contributed by atoms with Crippen molar-refractivity contribution in [3.63, 3.8) is 0 Å². The number of halogens is 2. The Labute approximate surface area is 214 Å². The normalized spacial score (nSPS) is 15.5. The van der Waals surface area contributed by atoms with Crippen LogP contribution >= 0.6 is 23.7 Å². The molecular weight excluding hydrogens is 491 g/mol. The molecule has 1 aliphatic heterocycles. The molecule has 1 aromatic heterocycles. The van der Waals surface area contributed by atoms with Crippen LogP contribution in [0.1, 0.15) is 20.3 Å². The number of hydrogen-bond donors (Lipinski definition) is 0. The van der Waals surface area contributed by atoms with Crippen LogP contribution in [0.4, 0.5) is 15.2 Å². The molecule has 1 atom stereocenters. The molecule has 0 bridgehead atoms. The first-order valence-electron chi connectivity index (χ1n) is 11.5. The van der Waals surface area contributed by atoms with Crippen molar-refractivity contribution < 1.29 is 18.7 Å². The molecule has 4 rings (SSSR count). The molecule has 1 aliphatic rings. The van der Waals surface area contributed by atoms with E-state index in [2.05, 4.69) is 18.7 Å². The molecular formula is C25H30ClFN4O3S. The van der Waals surface area contributed by atoms with Crippen LogP contribution in [0.25, 0.3) is 10.2 Å². The summed E-state index contributed by atoms with van der Waals surface area (Å²) in [5, 5.41) is 0.619. The summed E-state index contributed by atoms with van der Waals surface area (Å²) in [6.45, 7) is 7.42. The summed E-state index contributed by atoms with van der Waals surface area (Å²) < 4.78 is 19.6. The Kier molecular flexibility index (Phi) is 9.04. The number of anilines is 2. The molecule has 0 saturated carbocycles. The van der Waals surface area contributed by atoms with Gasteiger partial charge in [0, 0.05) is 31.7 Å². The number of amides is 2. The number of rotatable bonds is 9. The lowest BCUT2D eigenvalue weighted by Gasteiger charge is -2.26. The molecule has 35 heavy (non-hydrogen) atoms. The fourth-order valence-electron chi connectivity index (χ4n) is 4.18. The van der Waals surface area contributed by atoms with Crippen molar-refractivity contribution in [3.8, 4) is 5.75 Å². The molecule has 2 amide bonds. The summed E-state index contributed by atoms with van der Waals surface area (Å²) in [4.78, 5) is 36.7. The summed E-state index contributed by atoms with van der Waals surface area (Å²) in [7, 11) is 1.62. The van der Waals surface area contributed by atoms with Crippen molar-refractivity contribution in [1.29, 1.82) is 0 Å². The number of hydrogen-bond acceptors (Lipinski definition) is 6. The second kappa shape index (κ2) is 11.8. The lowest BCUT2D eigenvalue weighted by molar-refractivity contribution is -0.124. The smallest absolute Gasteiger partial charge is 0.234 e. The van der Waals surface area contributed by atoms with Gasteiger partial charge in [-0.25, -0.2) is 9.37 Å². The molecule has 0 aliphatic carbocycles. The van der Waals surface area contributed by atoms with Gasteiger partial charge in [0.15, 0.2) is 5.13 Å². The molecule has 2 aromatic carbocycles. The summed E-state index contributed by atoms with van der Waals surface area (Å²) in [5.41, 5.74) is 1.40. The van der Waals surface area contributed by atoms with Crippen LogP contribution in [0.5, 0.6) is 5.75 Å². The van der Waals surface area contributed by atoms with Gasteiger partial charge in [-0.15, -0.1) is 12.4 Å². The zero-order valence-electron chi connectivity index (χ0n) is 20.1. The summed E-state index contributed by atoms with van der Waals surface area (Å²) >= 11 is 1.44. The van der Waals surface area contributed by atoms with Crippen LogP contribution in [0.2, 0.25) is 0 Å². The molecule has 3 aromatic rings. The number of aromatic nitrogens is 1. The molecule has 7 nitrogen and oxygen atoms in total. The lowest BCUT2D eigenvalue weighted by atomic mass is 10.1. The van der Waals surface area contributed by atoms with E-state index >= 15 is 0 Å². The number of benzene rings is 2. The number of thiazole rings is 1. The molecule has 1 fully saturated rings. The van der Waals surface area contributed by atoms with E-state index in [1.165, 1.54) is 23.5 Å². The van der Waals surface area contributed by atoms with Crippen molar-refractivity contribution in [3.05, 3.63) is 48.3 Å². The molecule has 10 heteroatoms. The van der Waals surface area contributed by atoms with Gasteiger partial charge in [0.2, 0.25) is 11.8 Å². The van der Waals surface area contributed by atoms with E-state index in [1.807, 2.05) is 18.2 Å². The van der Waals surface area contributed by atoms with E-state index in [1.54, 1.807) is 29.0 Å². The molecule has 2 heterocycles. The number of ether oxygens (including phenoxy) is 1. The van der Waals surface area contributed by atoms with Gasteiger partial charge in [0.25, 0.3) is 0 Å². The first-order chi connectivity index (χ1) is 16.4. The molecule has 188 valence electrons. The first kappa shape index (κ1) is 26.8. The lowest BCUT2D eigenvalue weighted by Crippen LogP contribution is -2.42. The molecule has 0 spiro atoms.